The summed E-state index contributed by atoms with van der Waals surface area (Å²) in [6.45, 7) is 4.80. The summed E-state index contributed by atoms with van der Waals surface area (Å²) < 4.78 is 5.11. The number of hydrogen-bond donors (Lipinski definition) is 3. The lowest BCUT2D eigenvalue weighted by Gasteiger charge is -2.15. The lowest BCUT2D eigenvalue weighted by molar-refractivity contribution is -0.885. The van der Waals surface area contributed by atoms with Gasteiger partial charge in [-0.2, -0.15) is 0 Å². The van der Waals surface area contributed by atoms with Gasteiger partial charge in [0.25, 0.3) is 5.91 Å². The molecule has 2 atom stereocenters. The number of carbonyl (C=O) groups is 2. The number of urea groups is 1. The molecule has 3 amide bonds. The molecule has 3 N–H and O–H groups in total. The van der Waals surface area contributed by atoms with E-state index in [1.54, 1.807) is 7.11 Å². The Hall–Kier alpha value is -2.08. The van der Waals surface area contributed by atoms with Gasteiger partial charge >= 0.3 is 6.03 Å². The fraction of sp³-hybridized carbons (Fsp3) is 0.500. The van der Waals surface area contributed by atoms with Crippen LogP contribution in [-0.2, 0) is 11.3 Å². The largest absolute Gasteiger partial charge is 0.497 e. The van der Waals surface area contributed by atoms with Gasteiger partial charge in [0.05, 0.1) is 14.2 Å². The summed E-state index contributed by atoms with van der Waals surface area (Å²) in [5, 5.41) is 5.05. The molecule has 0 aromatic heterocycles. The molecule has 0 saturated carbocycles. The van der Waals surface area contributed by atoms with E-state index in [9.17, 15) is 9.59 Å². The zero-order valence-electron chi connectivity index (χ0n) is 13.7. The molecule has 1 aromatic rings. The van der Waals surface area contributed by atoms with E-state index in [1.807, 2.05) is 45.2 Å². The fourth-order valence-corrected chi connectivity index (χ4v) is 1.96. The first-order valence-corrected chi connectivity index (χ1v) is 7.49. The first-order valence-electron chi connectivity index (χ1n) is 7.49. The molecule has 6 heteroatoms. The number of likely N-dealkylation sites (N-methyl/N-ethyl adjacent to an activating group) is 1. The number of rotatable bonds is 7. The number of methoxy groups -OCH3 is 1. The average molecular weight is 308 g/mol. The fourth-order valence-electron chi connectivity index (χ4n) is 1.96. The maximum atomic E-state index is 11.8. The van der Waals surface area contributed by atoms with Crippen molar-refractivity contribution in [2.75, 3.05) is 20.7 Å². The summed E-state index contributed by atoms with van der Waals surface area (Å²) in [7, 11) is 3.54. The highest BCUT2D eigenvalue weighted by Gasteiger charge is 2.14. The Morgan fingerprint density at radius 1 is 1.27 bits per heavy atom. The number of quaternary nitrogens is 1. The van der Waals surface area contributed by atoms with E-state index in [0.717, 1.165) is 22.6 Å². The third-order valence-electron chi connectivity index (χ3n) is 3.37. The molecule has 122 valence electrons. The number of carbonyl (C=O) groups excluding carboxylic acids is 2. The Morgan fingerprint density at radius 3 is 2.45 bits per heavy atom. The second-order valence-electron chi connectivity index (χ2n) is 5.49. The number of ether oxygens (including phenoxy) is 1. The van der Waals surface area contributed by atoms with Crippen molar-refractivity contribution in [1.82, 2.24) is 10.6 Å². The summed E-state index contributed by atoms with van der Waals surface area (Å²) in [5.74, 6) is 0.521. The zero-order valence-corrected chi connectivity index (χ0v) is 13.7. The van der Waals surface area contributed by atoms with Gasteiger partial charge in [0.2, 0.25) is 0 Å². The van der Waals surface area contributed by atoms with Gasteiger partial charge in [-0.15, -0.1) is 0 Å². The van der Waals surface area contributed by atoms with E-state index in [2.05, 4.69) is 10.6 Å². The van der Waals surface area contributed by atoms with Crippen molar-refractivity contribution in [3.8, 4) is 5.75 Å². The molecule has 0 fully saturated rings. The molecule has 1 unspecified atom stereocenters. The van der Waals surface area contributed by atoms with Crippen LogP contribution < -0.4 is 20.3 Å². The smallest absolute Gasteiger partial charge is 0.321 e. The second-order valence-corrected chi connectivity index (χ2v) is 5.49. The van der Waals surface area contributed by atoms with Crippen LogP contribution in [0.3, 0.4) is 0 Å². The number of nitrogens with one attached hydrogen (secondary N) is 3. The first kappa shape index (κ1) is 18.0. The van der Waals surface area contributed by atoms with E-state index in [0.29, 0.717) is 6.54 Å². The van der Waals surface area contributed by atoms with Crippen LogP contribution in [0.1, 0.15) is 25.8 Å². The van der Waals surface area contributed by atoms with Crippen LogP contribution in [0.15, 0.2) is 24.3 Å². The quantitative estimate of drug-likeness (QED) is 0.680. The molecule has 0 aliphatic carbocycles. The highest BCUT2D eigenvalue weighted by Crippen LogP contribution is 2.10. The lowest BCUT2D eigenvalue weighted by atomic mass is 10.2. The van der Waals surface area contributed by atoms with E-state index >= 15 is 0 Å². The summed E-state index contributed by atoms with van der Waals surface area (Å²) in [4.78, 5) is 24.4. The molecule has 0 radical (unpaired) electrons. The third-order valence-corrected chi connectivity index (χ3v) is 3.37. The van der Waals surface area contributed by atoms with Crippen LogP contribution in [0.2, 0.25) is 0 Å². The minimum atomic E-state index is -0.434. The highest BCUT2D eigenvalue weighted by molar-refractivity contribution is 5.94. The molecule has 0 saturated heterocycles. The summed E-state index contributed by atoms with van der Waals surface area (Å²) >= 11 is 0. The summed E-state index contributed by atoms with van der Waals surface area (Å²) in [6, 6.07) is 7.34. The molecule has 0 spiro atoms. The van der Waals surface area contributed by atoms with E-state index in [1.165, 1.54) is 0 Å². The average Bonchev–Trinajstić information content (AvgIpc) is 2.47. The van der Waals surface area contributed by atoms with Gasteiger partial charge < -0.3 is 15.0 Å². The molecule has 0 aliphatic heterocycles. The van der Waals surface area contributed by atoms with Gasteiger partial charge in [0.15, 0.2) is 6.54 Å². The van der Waals surface area contributed by atoms with E-state index in [-0.39, 0.29) is 18.5 Å². The zero-order chi connectivity index (χ0) is 16.5. The molecule has 0 heterocycles. The van der Waals surface area contributed by atoms with Crippen LogP contribution in [0, 0.1) is 0 Å². The Balaban J connectivity index is 2.38. The Labute approximate surface area is 131 Å². The number of imide groups is 1. The molecule has 0 aliphatic rings. The predicted molar refractivity (Wildman–Crippen MR) is 84.9 cm³/mol. The van der Waals surface area contributed by atoms with Gasteiger partial charge in [0.1, 0.15) is 12.3 Å². The van der Waals surface area contributed by atoms with Gasteiger partial charge in [-0.25, -0.2) is 4.79 Å². The minimum absolute atomic E-state index is 0.0529. The molecule has 1 aromatic carbocycles. The maximum Gasteiger partial charge on any atom is 0.321 e. The van der Waals surface area contributed by atoms with Crippen molar-refractivity contribution >= 4 is 11.9 Å². The van der Waals surface area contributed by atoms with Crippen molar-refractivity contribution in [2.24, 2.45) is 0 Å². The Bertz CT molecular complexity index is 488. The lowest BCUT2D eigenvalue weighted by Crippen LogP contribution is -3.09. The maximum absolute atomic E-state index is 11.8. The number of amides is 3. The summed E-state index contributed by atoms with van der Waals surface area (Å²) in [5.41, 5.74) is 1.11. The molecule has 6 nitrogen and oxygen atoms in total. The topological polar surface area (TPSA) is 71.9 Å². The minimum Gasteiger partial charge on any atom is -0.497 e. The van der Waals surface area contributed by atoms with Gasteiger partial charge in [-0.3, -0.25) is 10.1 Å². The number of hydrogen-bond acceptors (Lipinski definition) is 3. The molecule has 0 bridgehead atoms. The normalized spacial score (nSPS) is 13.1. The van der Waals surface area contributed by atoms with Crippen LogP contribution in [-0.4, -0.2) is 38.7 Å². The third kappa shape index (κ3) is 6.58. The van der Waals surface area contributed by atoms with Crippen LogP contribution in [0.25, 0.3) is 0 Å². The van der Waals surface area contributed by atoms with Crippen LogP contribution >= 0.6 is 0 Å². The molecule has 22 heavy (non-hydrogen) atoms. The Morgan fingerprint density at radius 2 is 1.91 bits per heavy atom. The van der Waals surface area contributed by atoms with Crippen LogP contribution in [0.5, 0.6) is 5.75 Å². The molecular weight excluding hydrogens is 282 g/mol. The number of benzene rings is 1. The van der Waals surface area contributed by atoms with Crippen molar-refractivity contribution in [2.45, 2.75) is 32.9 Å². The standard InChI is InChI=1S/C16H25N3O3/c1-5-12(2)17-16(21)18-15(20)11-19(3)10-13-6-8-14(22-4)9-7-13/h6-9,12H,5,10-11H2,1-4H3,(H2,17,18,20,21)/p+1/t12-/m1/s1. The Kier molecular flexibility index (Phi) is 7.39. The van der Waals surface area contributed by atoms with Crippen LogP contribution in [0.4, 0.5) is 4.79 Å². The van der Waals surface area contributed by atoms with Gasteiger partial charge in [-0.1, -0.05) is 6.92 Å². The molecule has 1 rings (SSSR count). The van der Waals surface area contributed by atoms with Crippen molar-refractivity contribution in [1.29, 1.82) is 0 Å². The highest BCUT2D eigenvalue weighted by atomic mass is 16.5. The SMILES string of the molecule is CC[C@@H](C)NC(=O)NC(=O)C[NH+](C)Cc1ccc(OC)cc1. The second kappa shape index (κ2) is 9.04. The predicted octanol–water partition coefficient (Wildman–Crippen LogP) is 0.334. The van der Waals surface area contributed by atoms with Gasteiger partial charge in [-0.05, 0) is 37.6 Å². The first-order chi connectivity index (χ1) is 10.4. The van der Waals surface area contributed by atoms with Crippen molar-refractivity contribution in [3.05, 3.63) is 29.8 Å². The summed E-state index contributed by atoms with van der Waals surface area (Å²) in [6.07, 6.45) is 0.824. The van der Waals surface area contributed by atoms with E-state index < -0.39 is 6.03 Å². The molecular formula is C16H26N3O3+. The van der Waals surface area contributed by atoms with Crippen molar-refractivity contribution in [3.63, 3.8) is 0 Å². The van der Waals surface area contributed by atoms with Gasteiger partial charge in [0, 0.05) is 11.6 Å². The van der Waals surface area contributed by atoms with Crippen molar-refractivity contribution < 1.29 is 19.2 Å². The van der Waals surface area contributed by atoms with E-state index in [4.69, 9.17) is 4.74 Å². The monoisotopic (exact) mass is 308 g/mol.